The first-order valence-electron chi connectivity index (χ1n) is 8.58. The first kappa shape index (κ1) is 16.4. The normalized spacial score (nSPS) is 14.3. The van der Waals surface area contributed by atoms with Crippen LogP contribution in [-0.4, -0.2) is 28.1 Å². The van der Waals surface area contributed by atoms with Gasteiger partial charge in [-0.2, -0.15) is 4.98 Å². The highest BCUT2D eigenvalue weighted by molar-refractivity contribution is 6.30. The Labute approximate surface area is 151 Å². The van der Waals surface area contributed by atoms with Gasteiger partial charge in [-0.15, -0.1) is 0 Å². The zero-order valence-corrected chi connectivity index (χ0v) is 14.7. The summed E-state index contributed by atoms with van der Waals surface area (Å²) in [5.41, 5.74) is 2.12. The summed E-state index contributed by atoms with van der Waals surface area (Å²) in [5, 5.41) is 4.82. The standard InChI is InChI=1S/C19H20ClN3O2/c20-17-5-3-14(4-6-17)7-9-23(11-15-1-2-15)12-18-21-19(22-25-18)16-8-10-24-13-16/h3-6,8,10,13,15H,1-2,7,9,11-12H2. The van der Waals surface area contributed by atoms with E-state index in [2.05, 4.69) is 27.2 Å². The summed E-state index contributed by atoms with van der Waals surface area (Å²) >= 11 is 5.96. The molecule has 0 saturated heterocycles. The monoisotopic (exact) mass is 357 g/mol. The predicted molar refractivity (Wildman–Crippen MR) is 95.2 cm³/mol. The van der Waals surface area contributed by atoms with E-state index in [0.717, 1.165) is 36.0 Å². The van der Waals surface area contributed by atoms with E-state index in [1.807, 2.05) is 18.2 Å². The lowest BCUT2D eigenvalue weighted by Gasteiger charge is -2.20. The Morgan fingerprint density at radius 2 is 2.00 bits per heavy atom. The lowest BCUT2D eigenvalue weighted by Crippen LogP contribution is -2.28. The third-order valence-electron chi connectivity index (χ3n) is 4.45. The molecule has 1 fully saturated rings. The largest absolute Gasteiger partial charge is 0.472 e. The molecule has 5 nitrogen and oxygen atoms in total. The maximum Gasteiger partial charge on any atom is 0.241 e. The molecule has 6 heteroatoms. The summed E-state index contributed by atoms with van der Waals surface area (Å²) in [5.74, 6) is 2.03. The summed E-state index contributed by atoms with van der Waals surface area (Å²) < 4.78 is 10.5. The molecule has 0 spiro atoms. The van der Waals surface area contributed by atoms with Gasteiger partial charge in [-0.05, 0) is 48.9 Å². The average Bonchev–Trinajstić information content (AvgIpc) is 3.09. The molecule has 0 N–H and O–H groups in total. The van der Waals surface area contributed by atoms with Crippen LogP contribution in [0.1, 0.15) is 24.3 Å². The van der Waals surface area contributed by atoms with Gasteiger partial charge < -0.3 is 8.94 Å². The summed E-state index contributed by atoms with van der Waals surface area (Å²) in [4.78, 5) is 6.89. The first-order chi connectivity index (χ1) is 12.3. The van der Waals surface area contributed by atoms with Gasteiger partial charge in [0.2, 0.25) is 11.7 Å². The third kappa shape index (κ3) is 4.50. The molecule has 0 radical (unpaired) electrons. The molecule has 25 heavy (non-hydrogen) atoms. The molecule has 4 rings (SSSR count). The summed E-state index contributed by atoms with van der Waals surface area (Å²) in [6.07, 6.45) is 6.85. The van der Waals surface area contributed by atoms with Crippen LogP contribution in [0.15, 0.2) is 51.8 Å². The molecule has 130 valence electrons. The van der Waals surface area contributed by atoms with Gasteiger partial charge in [-0.3, -0.25) is 4.90 Å². The molecule has 3 aromatic rings. The van der Waals surface area contributed by atoms with Crippen LogP contribution in [0.25, 0.3) is 11.4 Å². The Morgan fingerprint density at radius 1 is 1.16 bits per heavy atom. The molecule has 0 unspecified atom stereocenters. The smallest absolute Gasteiger partial charge is 0.241 e. The van der Waals surface area contributed by atoms with E-state index < -0.39 is 0 Å². The van der Waals surface area contributed by atoms with Crippen LogP contribution in [0.2, 0.25) is 5.02 Å². The van der Waals surface area contributed by atoms with E-state index in [4.69, 9.17) is 20.5 Å². The van der Waals surface area contributed by atoms with Gasteiger partial charge in [0.1, 0.15) is 6.26 Å². The number of hydrogen-bond acceptors (Lipinski definition) is 5. The average molecular weight is 358 g/mol. The van der Waals surface area contributed by atoms with Crippen molar-refractivity contribution in [3.63, 3.8) is 0 Å². The fourth-order valence-corrected chi connectivity index (χ4v) is 2.98. The topological polar surface area (TPSA) is 55.3 Å². The highest BCUT2D eigenvalue weighted by Crippen LogP contribution is 2.30. The maximum absolute atomic E-state index is 5.96. The van der Waals surface area contributed by atoms with Crippen molar-refractivity contribution < 1.29 is 8.94 Å². The Hall–Kier alpha value is -2.11. The van der Waals surface area contributed by atoms with Crippen molar-refractivity contribution in [2.75, 3.05) is 13.1 Å². The highest BCUT2D eigenvalue weighted by atomic mass is 35.5. The molecule has 1 saturated carbocycles. The van der Waals surface area contributed by atoms with Gasteiger partial charge >= 0.3 is 0 Å². The number of benzene rings is 1. The van der Waals surface area contributed by atoms with Crippen LogP contribution in [0.4, 0.5) is 0 Å². The van der Waals surface area contributed by atoms with E-state index in [-0.39, 0.29) is 0 Å². The Kier molecular flexibility index (Phi) is 4.85. The van der Waals surface area contributed by atoms with E-state index in [1.54, 1.807) is 12.5 Å². The second-order valence-electron chi connectivity index (χ2n) is 6.58. The summed E-state index contributed by atoms with van der Waals surface area (Å²) in [6, 6.07) is 9.88. The molecule has 0 amide bonds. The molecule has 1 aliphatic rings. The van der Waals surface area contributed by atoms with Gasteiger partial charge in [0.15, 0.2) is 0 Å². The third-order valence-corrected chi connectivity index (χ3v) is 4.70. The molecule has 1 aromatic carbocycles. The van der Waals surface area contributed by atoms with Crippen molar-refractivity contribution in [1.29, 1.82) is 0 Å². The van der Waals surface area contributed by atoms with Gasteiger partial charge in [-0.1, -0.05) is 28.9 Å². The van der Waals surface area contributed by atoms with Crippen molar-refractivity contribution in [1.82, 2.24) is 15.0 Å². The van der Waals surface area contributed by atoms with E-state index in [0.29, 0.717) is 18.3 Å². The summed E-state index contributed by atoms with van der Waals surface area (Å²) in [6.45, 7) is 2.72. The molecule has 2 heterocycles. The number of hydrogen-bond donors (Lipinski definition) is 0. The number of nitrogens with zero attached hydrogens (tertiary/aromatic N) is 3. The number of halogens is 1. The van der Waals surface area contributed by atoms with E-state index in [1.165, 1.54) is 18.4 Å². The minimum atomic E-state index is 0.577. The van der Waals surface area contributed by atoms with Crippen LogP contribution in [0, 0.1) is 5.92 Å². The minimum absolute atomic E-state index is 0.577. The zero-order chi connectivity index (χ0) is 17.1. The number of aromatic nitrogens is 2. The highest BCUT2D eigenvalue weighted by Gasteiger charge is 2.25. The van der Waals surface area contributed by atoms with Crippen molar-refractivity contribution in [2.24, 2.45) is 5.92 Å². The number of furan rings is 1. The lowest BCUT2D eigenvalue weighted by molar-refractivity contribution is 0.220. The fraction of sp³-hybridized carbons (Fsp3) is 0.368. The quantitative estimate of drug-likeness (QED) is 0.596. The van der Waals surface area contributed by atoms with Crippen molar-refractivity contribution >= 4 is 11.6 Å². The minimum Gasteiger partial charge on any atom is -0.472 e. The van der Waals surface area contributed by atoms with Gasteiger partial charge in [-0.25, -0.2) is 0 Å². The zero-order valence-electron chi connectivity index (χ0n) is 13.9. The Morgan fingerprint density at radius 3 is 2.72 bits per heavy atom. The summed E-state index contributed by atoms with van der Waals surface area (Å²) in [7, 11) is 0. The Bertz CT molecular complexity index is 794. The first-order valence-corrected chi connectivity index (χ1v) is 8.96. The molecule has 0 atom stereocenters. The maximum atomic E-state index is 5.96. The van der Waals surface area contributed by atoms with Crippen LogP contribution in [0.3, 0.4) is 0 Å². The molecule has 2 aromatic heterocycles. The predicted octanol–water partition coefficient (Wildman–Crippen LogP) is 4.44. The van der Waals surface area contributed by atoms with Gasteiger partial charge in [0, 0.05) is 18.1 Å². The van der Waals surface area contributed by atoms with Gasteiger partial charge in [0.05, 0.1) is 18.4 Å². The van der Waals surface area contributed by atoms with Crippen LogP contribution >= 0.6 is 11.6 Å². The van der Waals surface area contributed by atoms with Crippen LogP contribution in [-0.2, 0) is 13.0 Å². The molecular formula is C19H20ClN3O2. The van der Waals surface area contributed by atoms with E-state index >= 15 is 0 Å². The lowest BCUT2D eigenvalue weighted by atomic mass is 10.1. The van der Waals surface area contributed by atoms with E-state index in [9.17, 15) is 0 Å². The van der Waals surface area contributed by atoms with Crippen LogP contribution < -0.4 is 0 Å². The van der Waals surface area contributed by atoms with Crippen molar-refractivity contribution in [3.05, 3.63) is 59.3 Å². The fourth-order valence-electron chi connectivity index (χ4n) is 2.86. The SMILES string of the molecule is Clc1ccc(CCN(Cc2nc(-c3ccoc3)no2)CC2CC2)cc1. The molecule has 1 aliphatic carbocycles. The molecule has 0 aliphatic heterocycles. The second kappa shape index (κ2) is 7.42. The Balaban J connectivity index is 1.39. The second-order valence-corrected chi connectivity index (χ2v) is 7.02. The molecular weight excluding hydrogens is 338 g/mol. The van der Waals surface area contributed by atoms with Gasteiger partial charge in [0.25, 0.3) is 0 Å². The van der Waals surface area contributed by atoms with Crippen molar-refractivity contribution in [3.8, 4) is 11.4 Å². The number of rotatable bonds is 8. The van der Waals surface area contributed by atoms with Crippen molar-refractivity contribution in [2.45, 2.75) is 25.8 Å². The molecule has 0 bridgehead atoms. The van der Waals surface area contributed by atoms with Crippen LogP contribution in [0.5, 0.6) is 0 Å².